The number of nitrogens with one attached hydrogen (secondary N) is 4. The van der Waals surface area contributed by atoms with Gasteiger partial charge in [-0.3, -0.25) is 19.7 Å². The van der Waals surface area contributed by atoms with E-state index in [1.165, 1.54) is 6.07 Å². The average Bonchev–Trinajstić information content (AvgIpc) is 3.29. The topological polar surface area (TPSA) is 99.3 Å². The van der Waals surface area contributed by atoms with E-state index in [0.717, 1.165) is 43.2 Å². The molecule has 0 aromatic heterocycles. The molecule has 1 saturated carbocycles. The number of hydrogen-bond acceptors (Lipinski definition) is 4. The van der Waals surface area contributed by atoms with Crippen LogP contribution >= 0.6 is 11.6 Å². The summed E-state index contributed by atoms with van der Waals surface area (Å²) in [4.78, 5) is 38.0. The second kappa shape index (κ2) is 12.6. The van der Waals surface area contributed by atoms with Crippen LogP contribution in [-0.4, -0.2) is 36.3 Å². The number of benzene rings is 3. The van der Waals surface area contributed by atoms with Gasteiger partial charge in [-0.05, 0) is 79.8 Å². The maximum Gasteiger partial charge on any atom is 0.251 e. The van der Waals surface area contributed by atoms with E-state index in [2.05, 4.69) is 21.3 Å². The quantitative estimate of drug-likeness (QED) is 0.232. The highest BCUT2D eigenvalue weighted by Gasteiger charge is 2.57. The van der Waals surface area contributed by atoms with Crippen molar-refractivity contribution in [1.29, 1.82) is 0 Å². The van der Waals surface area contributed by atoms with Gasteiger partial charge in [0, 0.05) is 40.9 Å². The molecule has 2 aliphatic rings. The van der Waals surface area contributed by atoms with Crippen LogP contribution in [-0.2, 0) is 9.59 Å². The van der Waals surface area contributed by atoms with E-state index < -0.39 is 23.3 Å². The largest absolute Gasteiger partial charge is 0.352 e. The Bertz CT molecular complexity index is 1470. The smallest absolute Gasteiger partial charge is 0.251 e. The minimum Gasteiger partial charge on any atom is -0.352 e. The summed E-state index contributed by atoms with van der Waals surface area (Å²) in [5.74, 6) is -2.00. The van der Waals surface area contributed by atoms with Crippen molar-refractivity contribution in [3.8, 4) is 0 Å². The van der Waals surface area contributed by atoms with Gasteiger partial charge in [-0.25, -0.2) is 4.39 Å². The van der Waals surface area contributed by atoms with Crippen molar-refractivity contribution in [2.45, 2.75) is 69.4 Å². The molecule has 5 rings (SSSR count). The first-order valence-corrected chi connectivity index (χ1v) is 14.9. The van der Waals surface area contributed by atoms with Crippen LogP contribution in [0.3, 0.4) is 0 Å². The Morgan fingerprint density at radius 2 is 1.79 bits per heavy atom. The van der Waals surface area contributed by atoms with Crippen LogP contribution in [0.4, 0.5) is 15.8 Å². The van der Waals surface area contributed by atoms with E-state index in [0.29, 0.717) is 35.5 Å². The molecule has 1 aliphatic carbocycles. The molecule has 2 unspecified atom stereocenters. The van der Waals surface area contributed by atoms with E-state index >= 15 is 4.39 Å². The van der Waals surface area contributed by atoms with Crippen LogP contribution in [0, 0.1) is 12.7 Å². The number of rotatable bonds is 8. The number of aryl methyl sites for hydroxylation is 1. The third kappa shape index (κ3) is 5.78. The van der Waals surface area contributed by atoms with E-state index in [-0.39, 0.29) is 22.8 Å². The molecule has 3 amide bonds. The van der Waals surface area contributed by atoms with Crippen LogP contribution in [0.1, 0.15) is 77.9 Å². The fourth-order valence-electron chi connectivity index (χ4n) is 6.84. The lowest BCUT2D eigenvalue weighted by Crippen LogP contribution is -2.50. The molecule has 9 heteroatoms. The van der Waals surface area contributed by atoms with Gasteiger partial charge in [0.05, 0.1) is 11.1 Å². The van der Waals surface area contributed by atoms with Gasteiger partial charge in [0.25, 0.3) is 5.91 Å². The summed E-state index contributed by atoms with van der Waals surface area (Å²) in [6.45, 7) is 4.31. The highest BCUT2D eigenvalue weighted by atomic mass is 35.5. The molecule has 4 N–H and O–H groups in total. The summed E-state index contributed by atoms with van der Waals surface area (Å²) >= 11 is 6.30. The van der Waals surface area contributed by atoms with Gasteiger partial charge in [0.1, 0.15) is 5.82 Å². The first-order chi connectivity index (χ1) is 20.3. The van der Waals surface area contributed by atoms with Crippen LogP contribution in [0.2, 0.25) is 5.02 Å². The van der Waals surface area contributed by atoms with Crippen LogP contribution in [0.15, 0.2) is 60.7 Å². The minimum atomic E-state index is -0.797. The van der Waals surface area contributed by atoms with Crippen molar-refractivity contribution in [1.82, 2.24) is 10.6 Å². The lowest BCUT2D eigenvalue weighted by Gasteiger charge is -2.41. The number of carbonyl (C=O) groups is 3. The van der Waals surface area contributed by atoms with Gasteiger partial charge in [-0.2, -0.15) is 0 Å². The van der Waals surface area contributed by atoms with Crippen molar-refractivity contribution in [2.24, 2.45) is 0 Å². The Morgan fingerprint density at radius 1 is 1.05 bits per heavy atom. The second-order valence-corrected chi connectivity index (χ2v) is 11.7. The van der Waals surface area contributed by atoms with Crippen LogP contribution in [0.5, 0.6) is 0 Å². The van der Waals surface area contributed by atoms with E-state index in [1.807, 2.05) is 32.0 Å². The van der Waals surface area contributed by atoms with Crippen molar-refractivity contribution >= 4 is 41.2 Å². The number of carbonyl (C=O) groups excluding carboxylic acids is 3. The Balaban J connectivity index is 1.60. The molecule has 3 aromatic rings. The minimum absolute atomic E-state index is 0.00825. The van der Waals surface area contributed by atoms with Crippen LogP contribution in [0.25, 0.3) is 0 Å². The monoisotopic (exact) mass is 590 g/mol. The third-order valence-electron chi connectivity index (χ3n) is 8.64. The van der Waals surface area contributed by atoms with Gasteiger partial charge in [-0.15, -0.1) is 0 Å². The number of amides is 3. The van der Waals surface area contributed by atoms with Gasteiger partial charge < -0.3 is 16.0 Å². The van der Waals surface area contributed by atoms with Crippen molar-refractivity contribution in [3.63, 3.8) is 0 Å². The molecule has 1 spiro atoms. The van der Waals surface area contributed by atoms with Crippen LogP contribution < -0.4 is 21.3 Å². The first kappa shape index (κ1) is 29.7. The molecule has 0 bridgehead atoms. The van der Waals surface area contributed by atoms with Gasteiger partial charge in [0.2, 0.25) is 12.3 Å². The van der Waals surface area contributed by atoms with Gasteiger partial charge in [-0.1, -0.05) is 55.1 Å². The Hall–Kier alpha value is -3.75. The summed E-state index contributed by atoms with van der Waals surface area (Å²) in [7, 11) is 0. The molecule has 2 fully saturated rings. The molecular weight excluding hydrogens is 555 g/mol. The predicted molar refractivity (Wildman–Crippen MR) is 164 cm³/mol. The highest BCUT2D eigenvalue weighted by Crippen LogP contribution is 2.56. The number of hydrogen-bond donors (Lipinski definition) is 4. The summed E-state index contributed by atoms with van der Waals surface area (Å²) in [5, 5.41) is 12.3. The fourth-order valence-corrected chi connectivity index (χ4v) is 7.02. The predicted octanol–water partition coefficient (Wildman–Crippen LogP) is 6.29. The molecule has 1 heterocycles. The molecule has 3 atom stereocenters. The Kier molecular flexibility index (Phi) is 8.94. The maximum absolute atomic E-state index is 15.9. The fraction of sp³-hybridized carbons (Fsp3) is 0.364. The zero-order valence-corrected chi connectivity index (χ0v) is 24.6. The van der Waals surface area contributed by atoms with E-state index in [9.17, 15) is 14.4 Å². The summed E-state index contributed by atoms with van der Waals surface area (Å²) in [6.07, 6.45) is 5.26. The molecule has 42 heavy (non-hydrogen) atoms. The summed E-state index contributed by atoms with van der Waals surface area (Å²) in [6, 6.07) is 16.7. The van der Waals surface area contributed by atoms with Crippen molar-refractivity contribution in [3.05, 3.63) is 93.8 Å². The average molecular weight is 591 g/mol. The Morgan fingerprint density at radius 3 is 2.48 bits per heavy atom. The van der Waals surface area contributed by atoms with Gasteiger partial charge in [0.15, 0.2) is 0 Å². The van der Waals surface area contributed by atoms with Crippen molar-refractivity contribution < 1.29 is 18.8 Å². The van der Waals surface area contributed by atoms with Gasteiger partial charge >= 0.3 is 0 Å². The molecule has 3 aromatic carbocycles. The Labute approximate surface area is 250 Å². The maximum atomic E-state index is 15.9. The summed E-state index contributed by atoms with van der Waals surface area (Å²) < 4.78 is 15.9. The normalized spacial score (nSPS) is 21.1. The second-order valence-electron chi connectivity index (χ2n) is 11.3. The zero-order valence-electron chi connectivity index (χ0n) is 23.8. The van der Waals surface area contributed by atoms with Crippen molar-refractivity contribution in [2.75, 3.05) is 17.2 Å². The molecule has 220 valence electrons. The standard InChI is InChI=1S/C33H36ClFN4O3/c1-3-36-31(41)21-11-13-22(14-12-21)38-32(42)30-27(24-8-7-9-25(34)29(24)35)28(33(39-30)16-5-4-6-17-33)23-15-10-20(2)18-26(23)37-19-40/h7-15,18-19,27-28,30,39H,3-6,16-17H2,1-2H3,(H,36,41)(H,37,40)(H,38,42)/t27-,28?,30?/m1/s1. The lowest BCUT2D eigenvalue weighted by molar-refractivity contribution is -0.118. The third-order valence-corrected chi connectivity index (χ3v) is 8.93. The first-order valence-electron chi connectivity index (χ1n) is 14.5. The van der Waals surface area contributed by atoms with E-state index in [1.54, 1.807) is 36.4 Å². The molecule has 7 nitrogen and oxygen atoms in total. The molecular formula is C33H36ClFN4O3. The molecule has 0 radical (unpaired) electrons. The number of anilines is 2. The SMILES string of the molecule is CCNC(=O)c1ccc(NC(=O)C2NC3(CCCCC3)C(c3ccc(C)cc3NC=O)[C@H]2c2cccc(Cl)c2F)cc1. The zero-order chi connectivity index (χ0) is 29.9. The number of halogens is 2. The molecule has 1 saturated heterocycles. The molecule has 1 aliphatic heterocycles. The lowest BCUT2D eigenvalue weighted by atomic mass is 9.66. The highest BCUT2D eigenvalue weighted by molar-refractivity contribution is 6.30. The van der Waals surface area contributed by atoms with E-state index in [4.69, 9.17) is 11.6 Å². The summed E-state index contributed by atoms with van der Waals surface area (Å²) in [5.41, 5.74) is 3.35.